The Bertz CT molecular complexity index is 826. The fraction of sp³-hybridized carbons (Fsp3) is 0.625. The second kappa shape index (κ2) is 7.61. The molecule has 1 aliphatic rings. The average molecular weight is 391 g/mol. The van der Waals surface area contributed by atoms with Gasteiger partial charge in [-0.1, -0.05) is 0 Å². The number of sulfonamides is 2. The van der Waals surface area contributed by atoms with E-state index in [-0.39, 0.29) is 17.4 Å². The minimum absolute atomic E-state index is 0.116. The molecule has 1 aromatic rings. The van der Waals surface area contributed by atoms with Crippen molar-refractivity contribution in [1.82, 2.24) is 9.03 Å². The summed E-state index contributed by atoms with van der Waals surface area (Å²) in [6.07, 6.45) is 2.47. The molecule has 0 unspecified atom stereocenters. The Labute approximate surface area is 150 Å². The number of nitrogens with one attached hydrogen (secondary N) is 1. The van der Waals surface area contributed by atoms with Crippen molar-refractivity contribution in [3.63, 3.8) is 0 Å². The van der Waals surface area contributed by atoms with Crippen molar-refractivity contribution in [2.75, 3.05) is 33.0 Å². The van der Waals surface area contributed by atoms with Crippen LogP contribution in [-0.4, -0.2) is 54.1 Å². The van der Waals surface area contributed by atoms with Crippen molar-refractivity contribution in [3.8, 4) is 5.75 Å². The molecule has 1 aromatic carbocycles. The zero-order chi connectivity index (χ0) is 18.8. The zero-order valence-electron chi connectivity index (χ0n) is 15.1. The molecular weight excluding hydrogens is 364 g/mol. The molecule has 0 aromatic heterocycles. The monoisotopic (exact) mass is 390 g/mol. The standard InChI is InChI=1S/C16H26N2O5S2/c1-12-9-15(23-3)16(10-13(12)2)25(21,22)17-11-14-5-7-18(8-6-14)24(4,19)20/h9-10,14,17H,5-8,11H2,1-4H3. The highest BCUT2D eigenvalue weighted by molar-refractivity contribution is 7.89. The van der Waals surface area contributed by atoms with E-state index in [4.69, 9.17) is 4.74 Å². The number of rotatable bonds is 6. The summed E-state index contributed by atoms with van der Waals surface area (Å²) in [5.41, 5.74) is 1.84. The maximum absolute atomic E-state index is 12.6. The first-order chi connectivity index (χ1) is 11.5. The van der Waals surface area contributed by atoms with Crippen LogP contribution in [0.15, 0.2) is 17.0 Å². The second-order valence-electron chi connectivity index (χ2n) is 6.54. The first-order valence-corrected chi connectivity index (χ1v) is 11.5. The Morgan fingerprint density at radius 3 is 2.20 bits per heavy atom. The van der Waals surface area contributed by atoms with Gasteiger partial charge in [-0.3, -0.25) is 0 Å². The molecule has 0 atom stereocenters. The summed E-state index contributed by atoms with van der Waals surface area (Å²) in [5, 5.41) is 0. The van der Waals surface area contributed by atoms with Crippen LogP contribution in [0.4, 0.5) is 0 Å². The van der Waals surface area contributed by atoms with Crippen molar-refractivity contribution in [3.05, 3.63) is 23.3 Å². The van der Waals surface area contributed by atoms with Gasteiger partial charge in [0, 0.05) is 19.6 Å². The second-order valence-corrected chi connectivity index (χ2v) is 10.3. The Morgan fingerprint density at radius 1 is 1.12 bits per heavy atom. The van der Waals surface area contributed by atoms with Crippen LogP contribution in [0.25, 0.3) is 0 Å². The molecule has 1 saturated heterocycles. The minimum Gasteiger partial charge on any atom is -0.495 e. The van der Waals surface area contributed by atoms with Crippen molar-refractivity contribution in [1.29, 1.82) is 0 Å². The number of nitrogens with zero attached hydrogens (tertiary/aromatic N) is 1. The molecule has 0 amide bonds. The summed E-state index contributed by atoms with van der Waals surface area (Å²) in [6.45, 7) is 4.90. The molecule has 7 nitrogen and oxygen atoms in total. The highest BCUT2D eigenvalue weighted by atomic mass is 32.2. The molecule has 0 spiro atoms. The van der Waals surface area contributed by atoms with E-state index >= 15 is 0 Å². The van der Waals surface area contributed by atoms with Gasteiger partial charge in [0.2, 0.25) is 20.0 Å². The van der Waals surface area contributed by atoms with Gasteiger partial charge in [0.05, 0.1) is 13.4 Å². The first-order valence-electron chi connectivity index (χ1n) is 8.14. The first kappa shape index (κ1) is 20.2. The zero-order valence-corrected chi connectivity index (χ0v) is 16.7. The molecule has 0 bridgehead atoms. The molecule has 0 saturated carbocycles. The van der Waals surface area contributed by atoms with Crippen LogP contribution >= 0.6 is 0 Å². The van der Waals surface area contributed by atoms with Gasteiger partial charge in [-0.15, -0.1) is 0 Å². The third-order valence-corrected chi connectivity index (χ3v) is 7.42. The maximum Gasteiger partial charge on any atom is 0.244 e. The van der Waals surface area contributed by atoms with Gasteiger partial charge < -0.3 is 4.74 Å². The van der Waals surface area contributed by atoms with Gasteiger partial charge in [0.15, 0.2) is 0 Å². The van der Waals surface area contributed by atoms with Crippen molar-refractivity contribution < 1.29 is 21.6 Å². The average Bonchev–Trinajstić information content (AvgIpc) is 2.54. The number of ether oxygens (including phenoxy) is 1. The topological polar surface area (TPSA) is 92.8 Å². The number of aryl methyl sites for hydroxylation is 2. The fourth-order valence-corrected chi connectivity index (χ4v) is 5.11. The van der Waals surface area contributed by atoms with Gasteiger partial charge >= 0.3 is 0 Å². The SMILES string of the molecule is COc1cc(C)c(C)cc1S(=O)(=O)NCC1CCN(S(C)(=O)=O)CC1. The Balaban J connectivity index is 2.05. The Kier molecular flexibility index (Phi) is 6.13. The van der Waals surface area contributed by atoms with E-state index in [9.17, 15) is 16.8 Å². The lowest BCUT2D eigenvalue weighted by Crippen LogP contribution is -2.41. The summed E-state index contributed by atoms with van der Waals surface area (Å²) < 4.78 is 57.6. The van der Waals surface area contributed by atoms with Gasteiger partial charge in [0.1, 0.15) is 10.6 Å². The van der Waals surface area contributed by atoms with Crippen LogP contribution in [0.5, 0.6) is 5.75 Å². The number of methoxy groups -OCH3 is 1. The molecule has 9 heteroatoms. The van der Waals surface area contributed by atoms with Gasteiger partial charge in [-0.2, -0.15) is 0 Å². The molecule has 1 aliphatic heterocycles. The lowest BCUT2D eigenvalue weighted by molar-refractivity contribution is 0.275. The Hall–Kier alpha value is -1.16. The van der Waals surface area contributed by atoms with E-state index in [1.54, 1.807) is 12.1 Å². The number of benzene rings is 1. The smallest absolute Gasteiger partial charge is 0.244 e. The van der Waals surface area contributed by atoms with Gasteiger partial charge in [-0.05, 0) is 55.9 Å². The third kappa shape index (κ3) is 4.93. The molecule has 0 aliphatic carbocycles. The quantitative estimate of drug-likeness (QED) is 0.789. The van der Waals surface area contributed by atoms with Crippen LogP contribution < -0.4 is 9.46 Å². The van der Waals surface area contributed by atoms with Crippen molar-refractivity contribution in [2.24, 2.45) is 5.92 Å². The molecule has 0 radical (unpaired) electrons. The van der Waals surface area contributed by atoms with E-state index in [1.807, 2.05) is 13.8 Å². The lowest BCUT2D eigenvalue weighted by atomic mass is 9.99. The number of hydrogen-bond donors (Lipinski definition) is 1. The summed E-state index contributed by atoms with van der Waals surface area (Å²) in [5.74, 6) is 0.438. The van der Waals surface area contributed by atoms with E-state index in [2.05, 4.69) is 4.72 Å². The number of piperidine rings is 1. The van der Waals surface area contributed by atoms with Crippen LogP contribution in [-0.2, 0) is 20.0 Å². The van der Waals surface area contributed by atoms with Crippen LogP contribution in [0.1, 0.15) is 24.0 Å². The summed E-state index contributed by atoms with van der Waals surface area (Å²) in [6, 6.07) is 3.33. The molecule has 1 fully saturated rings. The van der Waals surface area contributed by atoms with E-state index < -0.39 is 20.0 Å². The predicted molar refractivity (Wildman–Crippen MR) is 96.8 cm³/mol. The minimum atomic E-state index is -3.69. The molecule has 2 rings (SSSR count). The molecule has 1 N–H and O–H groups in total. The maximum atomic E-state index is 12.6. The van der Waals surface area contributed by atoms with Gasteiger partial charge in [0.25, 0.3) is 0 Å². The van der Waals surface area contributed by atoms with E-state index in [0.29, 0.717) is 31.7 Å². The van der Waals surface area contributed by atoms with Crippen molar-refractivity contribution >= 4 is 20.0 Å². The largest absolute Gasteiger partial charge is 0.495 e. The summed E-state index contributed by atoms with van der Waals surface area (Å²) in [7, 11) is -5.42. The van der Waals surface area contributed by atoms with Crippen molar-refractivity contribution in [2.45, 2.75) is 31.6 Å². The summed E-state index contributed by atoms with van der Waals surface area (Å²) >= 11 is 0. The van der Waals surface area contributed by atoms with Gasteiger partial charge in [-0.25, -0.2) is 25.9 Å². The van der Waals surface area contributed by atoms with E-state index in [1.165, 1.54) is 17.7 Å². The molecule has 1 heterocycles. The fourth-order valence-electron chi connectivity index (χ4n) is 2.88. The molecule has 142 valence electrons. The normalized spacial score (nSPS) is 17.6. The van der Waals surface area contributed by atoms with Crippen LogP contribution in [0, 0.1) is 19.8 Å². The van der Waals surface area contributed by atoms with Crippen LogP contribution in [0.2, 0.25) is 0 Å². The van der Waals surface area contributed by atoms with E-state index in [0.717, 1.165) is 11.1 Å². The van der Waals surface area contributed by atoms with Crippen LogP contribution in [0.3, 0.4) is 0 Å². The third-order valence-electron chi connectivity index (χ3n) is 4.67. The lowest BCUT2D eigenvalue weighted by Gasteiger charge is -2.30. The molecule has 25 heavy (non-hydrogen) atoms. The highest BCUT2D eigenvalue weighted by Gasteiger charge is 2.27. The number of hydrogen-bond acceptors (Lipinski definition) is 5. The predicted octanol–water partition coefficient (Wildman–Crippen LogP) is 1.26. The Morgan fingerprint density at radius 2 is 1.68 bits per heavy atom. The summed E-state index contributed by atoms with van der Waals surface area (Å²) in [4.78, 5) is 0.131. The highest BCUT2D eigenvalue weighted by Crippen LogP contribution is 2.27. The molecular formula is C16H26N2O5S2.